The van der Waals surface area contributed by atoms with Crippen molar-refractivity contribution < 1.29 is 9.53 Å². The Hall–Kier alpha value is -1.27. The molecular weight excluding hydrogens is 439 g/mol. The molecule has 0 spiro atoms. The molecule has 2 aliphatic heterocycles. The molecule has 2 aromatic rings. The van der Waals surface area contributed by atoms with Gasteiger partial charge in [0.15, 0.2) is 0 Å². The van der Waals surface area contributed by atoms with Gasteiger partial charge in [0.05, 0.1) is 23.2 Å². The molecule has 2 heterocycles. The quantitative estimate of drug-likeness (QED) is 0.631. The molecule has 0 radical (unpaired) electrons. The highest BCUT2D eigenvalue weighted by atomic mass is 79.9. The van der Waals surface area contributed by atoms with Crippen LogP contribution >= 0.6 is 39.1 Å². The van der Waals surface area contributed by atoms with E-state index < -0.39 is 0 Å². The normalized spacial score (nSPS) is 22.8. The lowest BCUT2D eigenvalue weighted by atomic mass is 10.1. The molecule has 26 heavy (non-hydrogen) atoms. The Labute approximate surface area is 170 Å². The van der Waals surface area contributed by atoms with Gasteiger partial charge in [-0.1, -0.05) is 39.1 Å². The van der Waals surface area contributed by atoms with Crippen molar-refractivity contribution in [3.63, 3.8) is 0 Å². The summed E-state index contributed by atoms with van der Waals surface area (Å²) in [5.41, 5.74) is 1.69. The zero-order valence-corrected chi connectivity index (χ0v) is 17.2. The monoisotopic (exact) mass is 454 g/mol. The van der Waals surface area contributed by atoms with Gasteiger partial charge in [-0.25, -0.2) is 0 Å². The number of nitrogens with zero attached hydrogens (tertiary/aromatic N) is 2. The van der Waals surface area contributed by atoms with Crippen molar-refractivity contribution in [2.24, 2.45) is 0 Å². The lowest BCUT2D eigenvalue weighted by Crippen LogP contribution is -2.32. The minimum Gasteiger partial charge on any atom is -0.496 e. The summed E-state index contributed by atoms with van der Waals surface area (Å²) in [6.07, 6.45) is 1.64. The van der Waals surface area contributed by atoms with Crippen LogP contribution in [0.3, 0.4) is 0 Å². The summed E-state index contributed by atoms with van der Waals surface area (Å²) in [6.45, 7) is 0.870. The number of carbonyl (C=O) groups is 1. The van der Waals surface area contributed by atoms with E-state index in [0.717, 1.165) is 40.9 Å². The summed E-state index contributed by atoms with van der Waals surface area (Å²) < 4.78 is 6.53. The van der Waals surface area contributed by atoms with Gasteiger partial charge in [-0.3, -0.25) is 14.6 Å². The second-order valence-electron chi connectivity index (χ2n) is 6.46. The fourth-order valence-corrected chi connectivity index (χ4v) is 4.58. The first kappa shape index (κ1) is 18.1. The molecule has 4 rings (SSSR count). The van der Waals surface area contributed by atoms with E-state index in [4.69, 9.17) is 27.9 Å². The third kappa shape index (κ3) is 2.91. The number of rotatable bonds is 3. The van der Waals surface area contributed by atoms with Gasteiger partial charge in [0.1, 0.15) is 11.9 Å². The smallest absolute Gasteiger partial charge is 0.246 e. The number of amides is 1. The molecule has 0 bridgehead atoms. The van der Waals surface area contributed by atoms with Crippen LogP contribution in [0.2, 0.25) is 10.0 Å². The van der Waals surface area contributed by atoms with Crippen LogP contribution in [0.1, 0.15) is 24.6 Å². The highest BCUT2D eigenvalue weighted by Crippen LogP contribution is 2.46. The van der Waals surface area contributed by atoms with Crippen LogP contribution in [-0.2, 0) is 4.79 Å². The number of anilines is 1. The number of hydrogen-bond acceptors (Lipinski definition) is 3. The molecule has 2 aliphatic rings. The van der Waals surface area contributed by atoms with E-state index in [9.17, 15) is 4.79 Å². The lowest BCUT2D eigenvalue weighted by Gasteiger charge is -2.31. The number of halogens is 3. The van der Waals surface area contributed by atoms with Crippen LogP contribution in [0.15, 0.2) is 40.9 Å². The van der Waals surface area contributed by atoms with Crippen molar-refractivity contribution in [2.75, 3.05) is 18.6 Å². The SMILES string of the molecule is COc1ccc(Br)cc1[C@H]1N(c2ccc(Cl)c(Cl)c2)C(=O)[C@@H]2CCCN21. The fourth-order valence-electron chi connectivity index (χ4n) is 3.90. The summed E-state index contributed by atoms with van der Waals surface area (Å²) in [7, 11) is 1.65. The Morgan fingerprint density at radius 2 is 1.96 bits per heavy atom. The zero-order valence-electron chi connectivity index (χ0n) is 14.1. The molecule has 0 N–H and O–H groups in total. The van der Waals surface area contributed by atoms with E-state index in [1.165, 1.54) is 0 Å². The first-order chi connectivity index (χ1) is 12.5. The van der Waals surface area contributed by atoms with E-state index >= 15 is 0 Å². The van der Waals surface area contributed by atoms with Crippen molar-refractivity contribution in [3.8, 4) is 5.75 Å². The van der Waals surface area contributed by atoms with Gasteiger partial charge < -0.3 is 4.74 Å². The van der Waals surface area contributed by atoms with Crippen LogP contribution in [-0.4, -0.2) is 30.5 Å². The number of fused-ring (bicyclic) bond motifs is 1. The standard InChI is InChI=1S/C19H17BrCl2N2O2/c1-26-17-7-4-11(20)9-13(17)18-23-8-2-3-16(23)19(25)24(18)12-5-6-14(21)15(22)10-12/h4-7,9-10,16,18H,2-3,8H2,1H3/t16-,18+/m0/s1. The van der Waals surface area contributed by atoms with E-state index in [0.29, 0.717) is 10.0 Å². The second kappa shape index (κ2) is 7.04. The van der Waals surface area contributed by atoms with Gasteiger partial charge in [-0.05, 0) is 49.2 Å². The molecule has 4 nitrogen and oxygen atoms in total. The summed E-state index contributed by atoms with van der Waals surface area (Å²) >= 11 is 15.8. The average molecular weight is 456 g/mol. The number of ether oxygens (including phenoxy) is 1. The predicted molar refractivity (Wildman–Crippen MR) is 107 cm³/mol. The maximum absolute atomic E-state index is 13.2. The Kier molecular flexibility index (Phi) is 4.90. The number of benzene rings is 2. The minimum absolute atomic E-state index is 0.0907. The van der Waals surface area contributed by atoms with Crippen LogP contribution in [0.25, 0.3) is 0 Å². The first-order valence-electron chi connectivity index (χ1n) is 8.38. The molecule has 2 atom stereocenters. The summed E-state index contributed by atoms with van der Waals surface area (Å²) in [6, 6.07) is 11.1. The molecule has 7 heteroatoms. The van der Waals surface area contributed by atoms with Gasteiger partial charge in [0, 0.05) is 22.3 Å². The average Bonchev–Trinajstić information content (AvgIpc) is 3.20. The second-order valence-corrected chi connectivity index (χ2v) is 8.19. The molecule has 0 saturated carbocycles. The molecule has 136 valence electrons. The number of hydrogen-bond donors (Lipinski definition) is 0. The van der Waals surface area contributed by atoms with Gasteiger partial charge >= 0.3 is 0 Å². The Morgan fingerprint density at radius 3 is 2.69 bits per heavy atom. The van der Waals surface area contributed by atoms with Crippen molar-refractivity contribution in [1.82, 2.24) is 4.90 Å². The predicted octanol–water partition coefficient (Wildman–Crippen LogP) is 5.27. The van der Waals surface area contributed by atoms with Gasteiger partial charge in [-0.2, -0.15) is 0 Å². The van der Waals surface area contributed by atoms with E-state index in [1.54, 1.807) is 19.2 Å². The molecule has 2 aromatic carbocycles. The molecule has 2 saturated heterocycles. The van der Waals surface area contributed by atoms with E-state index in [-0.39, 0.29) is 18.1 Å². The van der Waals surface area contributed by atoms with Crippen molar-refractivity contribution >= 4 is 50.7 Å². The van der Waals surface area contributed by atoms with Crippen molar-refractivity contribution in [1.29, 1.82) is 0 Å². The Morgan fingerprint density at radius 1 is 1.15 bits per heavy atom. The Balaban J connectivity index is 1.87. The third-order valence-corrected chi connectivity index (χ3v) is 6.26. The summed E-state index contributed by atoms with van der Waals surface area (Å²) in [4.78, 5) is 17.3. The molecular formula is C19H17BrCl2N2O2. The summed E-state index contributed by atoms with van der Waals surface area (Å²) in [5.74, 6) is 0.844. The zero-order chi connectivity index (χ0) is 18.4. The van der Waals surface area contributed by atoms with Crippen LogP contribution in [0, 0.1) is 0 Å². The van der Waals surface area contributed by atoms with Gasteiger partial charge in [0.25, 0.3) is 0 Å². The third-order valence-electron chi connectivity index (χ3n) is 5.03. The number of carbonyl (C=O) groups excluding carboxylic acids is 1. The van der Waals surface area contributed by atoms with Crippen molar-refractivity contribution in [3.05, 3.63) is 56.5 Å². The maximum atomic E-state index is 13.2. The topological polar surface area (TPSA) is 32.8 Å². The highest BCUT2D eigenvalue weighted by Gasteiger charge is 2.50. The number of methoxy groups -OCH3 is 1. The van der Waals surface area contributed by atoms with Gasteiger partial charge in [-0.15, -0.1) is 0 Å². The molecule has 0 aromatic heterocycles. The lowest BCUT2D eigenvalue weighted by molar-refractivity contribution is -0.119. The largest absolute Gasteiger partial charge is 0.496 e. The first-order valence-corrected chi connectivity index (χ1v) is 9.93. The summed E-state index contributed by atoms with van der Waals surface area (Å²) in [5, 5.41) is 0.906. The highest BCUT2D eigenvalue weighted by molar-refractivity contribution is 9.10. The van der Waals surface area contributed by atoms with Gasteiger partial charge in [0.2, 0.25) is 5.91 Å². The van der Waals surface area contributed by atoms with E-state index in [2.05, 4.69) is 20.8 Å². The fraction of sp³-hybridized carbons (Fsp3) is 0.316. The maximum Gasteiger partial charge on any atom is 0.246 e. The van der Waals surface area contributed by atoms with E-state index in [1.807, 2.05) is 29.2 Å². The van der Waals surface area contributed by atoms with Crippen LogP contribution in [0.4, 0.5) is 5.69 Å². The van der Waals surface area contributed by atoms with Crippen LogP contribution < -0.4 is 9.64 Å². The minimum atomic E-state index is -0.236. The molecule has 0 unspecified atom stereocenters. The Bertz CT molecular complexity index is 877. The molecule has 1 amide bonds. The van der Waals surface area contributed by atoms with Crippen molar-refractivity contribution in [2.45, 2.75) is 25.0 Å². The molecule has 0 aliphatic carbocycles. The molecule has 2 fully saturated rings. The van der Waals surface area contributed by atoms with Crippen LogP contribution in [0.5, 0.6) is 5.75 Å².